The summed E-state index contributed by atoms with van der Waals surface area (Å²) in [5.74, 6) is 0.499. The molecule has 0 aliphatic rings. The van der Waals surface area contributed by atoms with E-state index < -0.39 is 33.0 Å². The summed E-state index contributed by atoms with van der Waals surface area (Å²) in [6, 6.07) is 13.5. The van der Waals surface area contributed by atoms with Crippen LogP contribution in [0.2, 0.25) is 5.02 Å². The highest BCUT2D eigenvalue weighted by molar-refractivity contribution is 6.33. The predicted molar refractivity (Wildman–Crippen MR) is 147 cm³/mol. The molecule has 1 unspecified atom stereocenters. The van der Waals surface area contributed by atoms with Gasteiger partial charge in [0.25, 0.3) is 5.69 Å². The summed E-state index contributed by atoms with van der Waals surface area (Å²) < 4.78 is 11.0. The van der Waals surface area contributed by atoms with E-state index in [-0.39, 0.29) is 47.6 Å². The number of aliphatic hydroxyl groups is 1. The number of nitrogens with zero attached hydrogens (tertiary/aromatic N) is 4. The maximum atomic E-state index is 12.2. The molecular weight excluding hydrogens is 548 g/mol. The van der Waals surface area contributed by atoms with E-state index in [9.17, 15) is 30.1 Å². The molecule has 1 amide bonds. The lowest BCUT2D eigenvalue weighted by atomic mass is 10.2. The maximum Gasteiger partial charge on any atom is 0.305 e. The molecule has 0 aromatic heterocycles. The number of ether oxygens (including phenoxy) is 2. The summed E-state index contributed by atoms with van der Waals surface area (Å²) in [4.78, 5) is 33.1. The summed E-state index contributed by atoms with van der Waals surface area (Å²) in [7, 11) is 1.39. The van der Waals surface area contributed by atoms with E-state index in [0.29, 0.717) is 11.4 Å². The third kappa shape index (κ3) is 7.85. The first-order valence-corrected chi connectivity index (χ1v) is 12.2. The zero-order valence-electron chi connectivity index (χ0n) is 21.4. The summed E-state index contributed by atoms with van der Waals surface area (Å²) >= 11 is 6.05. The molecular formula is C25H25ClN6O8. The first-order valence-electron chi connectivity index (χ1n) is 11.8. The smallest absolute Gasteiger partial charge is 0.305 e. The normalized spacial score (nSPS) is 11.6. The van der Waals surface area contributed by atoms with Gasteiger partial charge in [-0.2, -0.15) is 0 Å². The number of hydrogen-bond donors (Lipinski definition) is 3. The average Bonchev–Trinajstić information content (AvgIpc) is 2.94. The Labute approximate surface area is 232 Å². The van der Waals surface area contributed by atoms with E-state index in [2.05, 4.69) is 20.9 Å². The summed E-state index contributed by atoms with van der Waals surface area (Å²) in [5, 5.41) is 46.2. The van der Waals surface area contributed by atoms with Crippen LogP contribution in [0.3, 0.4) is 0 Å². The maximum absolute atomic E-state index is 12.2. The Kier molecular flexibility index (Phi) is 10.3. The molecule has 0 aliphatic heterocycles. The molecule has 0 saturated heterocycles. The van der Waals surface area contributed by atoms with E-state index in [0.717, 1.165) is 12.1 Å². The number of para-hydroxylation sites is 1. The van der Waals surface area contributed by atoms with Gasteiger partial charge in [0.05, 0.1) is 39.4 Å². The van der Waals surface area contributed by atoms with Crippen LogP contribution in [-0.2, 0) is 4.79 Å². The van der Waals surface area contributed by atoms with Gasteiger partial charge in [-0.15, -0.1) is 10.2 Å². The second kappa shape index (κ2) is 13.8. The van der Waals surface area contributed by atoms with Crippen molar-refractivity contribution < 1.29 is 29.2 Å². The molecule has 40 heavy (non-hydrogen) atoms. The second-order valence-corrected chi connectivity index (χ2v) is 8.55. The van der Waals surface area contributed by atoms with E-state index in [1.807, 2.05) is 18.2 Å². The van der Waals surface area contributed by atoms with Crippen LogP contribution in [-0.4, -0.2) is 47.2 Å². The topological polar surface area (TPSA) is 191 Å². The van der Waals surface area contributed by atoms with Gasteiger partial charge < -0.3 is 25.2 Å². The number of nitrogens with one attached hydrogen (secondary N) is 2. The Bertz CT molecular complexity index is 1420. The number of azo groups is 1. The van der Waals surface area contributed by atoms with E-state index in [4.69, 9.17) is 21.1 Å². The molecule has 15 heteroatoms. The highest BCUT2D eigenvalue weighted by Crippen LogP contribution is 2.42. The van der Waals surface area contributed by atoms with Crippen molar-refractivity contribution in [3.8, 4) is 11.5 Å². The van der Waals surface area contributed by atoms with Crippen molar-refractivity contribution >= 4 is 51.6 Å². The molecule has 0 aliphatic carbocycles. The number of nitro benzene ring substituents is 2. The number of methoxy groups -OCH3 is 1. The third-order valence-corrected chi connectivity index (χ3v) is 5.61. The molecule has 0 radical (unpaired) electrons. The summed E-state index contributed by atoms with van der Waals surface area (Å²) in [6.07, 6.45) is -0.761. The minimum Gasteiger partial charge on any atom is -0.495 e. The summed E-state index contributed by atoms with van der Waals surface area (Å²) in [5.41, 5.74) is -1.09. The molecule has 0 fully saturated rings. The number of carbonyl (C=O) groups is 1. The van der Waals surface area contributed by atoms with Crippen LogP contribution < -0.4 is 20.1 Å². The molecule has 14 nitrogen and oxygen atoms in total. The highest BCUT2D eigenvalue weighted by atomic mass is 35.5. The Morgan fingerprint density at radius 3 is 2.42 bits per heavy atom. The number of halogens is 1. The van der Waals surface area contributed by atoms with E-state index in [1.165, 1.54) is 19.2 Å². The molecule has 0 heterocycles. The molecule has 3 rings (SSSR count). The minimum absolute atomic E-state index is 0.0137. The first-order chi connectivity index (χ1) is 19.1. The summed E-state index contributed by atoms with van der Waals surface area (Å²) in [6.45, 7) is 1.72. The van der Waals surface area contributed by atoms with Crippen LogP contribution in [0.15, 0.2) is 64.8 Å². The van der Waals surface area contributed by atoms with Gasteiger partial charge in [0.1, 0.15) is 29.9 Å². The SMILES string of the molecule is CCC(=O)Nc1cc(NCC(O)COc2ccccc2)c(OC)cc1N=Nc1c(Cl)cc([N+](=O)[O-])cc1[N+](=O)[O-]. The van der Waals surface area contributed by atoms with Crippen LogP contribution in [0, 0.1) is 20.2 Å². The number of aliphatic hydroxyl groups excluding tert-OH is 1. The zero-order chi connectivity index (χ0) is 29.2. The van der Waals surface area contributed by atoms with Crippen LogP contribution in [0.4, 0.5) is 34.1 Å². The van der Waals surface area contributed by atoms with Crippen molar-refractivity contribution in [3.63, 3.8) is 0 Å². The van der Waals surface area contributed by atoms with Crippen molar-refractivity contribution in [3.05, 3.63) is 79.8 Å². The van der Waals surface area contributed by atoms with Crippen LogP contribution in [0.25, 0.3) is 0 Å². The lowest BCUT2D eigenvalue weighted by Gasteiger charge is -2.18. The van der Waals surface area contributed by atoms with Gasteiger partial charge in [0.2, 0.25) is 5.91 Å². The molecule has 3 aromatic rings. The number of carbonyl (C=O) groups excluding carboxylic acids is 1. The largest absolute Gasteiger partial charge is 0.495 e. The lowest BCUT2D eigenvalue weighted by molar-refractivity contribution is -0.393. The predicted octanol–water partition coefficient (Wildman–Crippen LogP) is 5.78. The van der Waals surface area contributed by atoms with Crippen molar-refractivity contribution in [2.24, 2.45) is 10.2 Å². The Hall–Kier alpha value is -4.82. The van der Waals surface area contributed by atoms with E-state index >= 15 is 0 Å². The standard InChI is InChI=1S/C25H25ClN6O8/c1-3-24(34)28-19-11-21(27-13-16(33)14-40-17-7-5-4-6-8-17)23(39-2)12-20(19)29-30-25-18(26)9-15(31(35)36)10-22(25)32(37)38/h4-12,16,27,33H,3,13-14H2,1-2H3,(H,28,34). The van der Waals surface area contributed by atoms with Crippen molar-refractivity contribution in [1.82, 2.24) is 0 Å². The first kappa shape index (κ1) is 29.7. The Morgan fingerprint density at radius 2 is 1.80 bits per heavy atom. The number of rotatable bonds is 13. The quantitative estimate of drug-likeness (QED) is 0.129. The van der Waals surface area contributed by atoms with Crippen LogP contribution in [0.5, 0.6) is 11.5 Å². The number of anilines is 2. The van der Waals surface area contributed by atoms with Gasteiger partial charge in [-0.25, -0.2) is 0 Å². The van der Waals surface area contributed by atoms with Gasteiger partial charge in [0.15, 0.2) is 5.69 Å². The molecule has 210 valence electrons. The number of nitro groups is 2. The van der Waals surface area contributed by atoms with Gasteiger partial charge in [-0.1, -0.05) is 36.7 Å². The van der Waals surface area contributed by atoms with Crippen molar-refractivity contribution in [1.29, 1.82) is 0 Å². The molecule has 3 aromatic carbocycles. The molecule has 3 N–H and O–H groups in total. The van der Waals surface area contributed by atoms with Crippen molar-refractivity contribution in [2.75, 3.05) is 30.9 Å². The third-order valence-electron chi connectivity index (χ3n) is 5.32. The van der Waals surface area contributed by atoms with Crippen LogP contribution in [0.1, 0.15) is 13.3 Å². The number of non-ortho nitro benzene ring substituents is 1. The molecule has 0 saturated carbocycles. The highest BCUT2D eigenvalue weighted by Gasteiger charge is 2.24. The Morgan fingerprint density at radius 1 is 1.07 bits per heavy atom. The molecule has 1 atom stereocenters. The van der Waals surface area contributed by atoms with Gasteiger partial charge in [-0.3, -0.25) is 25.0 Å². The number of amides is 1. The average molecular weight is 573 g/mol. The van der Waals surface area contributed by atoms with E-state index in [1.54, 1.807) is 19.1 Å². The van der Waals surface area contributed by atoms with Gasteiger partial charge in [0, 0.05) is 25.1 Å². The van der Waals surface area contributed by atoms with Crippen LogP contribution >= 0.6 is 11.6 Å². The lowest BCUT2D eigenvalue weighted by Crippen LogP contribution is -2.26. The number of benzene rings is 3. The fourth-order valence-corrected chi connectivity index (χ4v) is 3.56. The minimum atomic E-state index is -0.900. The zero-order valence-corrected chi connectivity index (χ0v) is 22.1. The monoisotopic (exact) mass is 572 g/mol. The Balaban J connectivity index is 1.90. The molecule has 0 bridgehead atoms. The fraction of sp³-hybridized carbons (Fsp3) is 0.240. The van der Waals surface area contributed by atoms with Gasteiger partial charge >= 0.3 is 5.69 Å². The van der Waals surface area contributed by atoms with Crippen molar-refractivity contribution in [2.45, 2.75) is 19.4 Å². The van der Waals surface area contributed by atoms with Gasteiger partial charge in [-0.05, 0) is 18.2 Å². The second-order valence-electron chi connectivity index (χ2n) is 8.14. The molecule has 0 spiro atoms. The number of hydrogen-bond acceptors (Lipinski definition) is 11. The fourth-order valence-electron chi connectivity index (χ4n) is 3.31.